The highest BCUT2D eigenvalue weighted by molar-refractivity contribution is 4.83. The van der Waals surface area contributed by atoms with Crippen molar-refractivity contribution >= 4 is 0 Å². The molecule has 0 heterocycles. The molecule has 0 aromatic heterocycles. The molecule has 0 saturated heterocycles. The first-order chi connectivity index (χ1) is 5.85. The SMILES string of the molecule is C#CCCCNCC(OC)OC. The van der Waals surface area contributed by atoms with Crippen LogP contribution >= 0.6 is 0 Å². The topological polar surface area (TPSA) is 30.5 Å². The Morgan fingerprint density at radius 2 is 2.08 bits per heavy atom. The molecule has 1 N–H and O–H groups in total. The van der Waals surface area contributed by atoms with Gasteiger partial charge >= 0.3 is 0 Å². The number of ether oxygens (including phenoxy) is 2. The van der Waals surface area contributed by atoms with Crippen molar-refractivity contribution in [3.63, 3.8) is 0 Å². The highest BCUT2D eigenvalue weighted by atomic mass is 16.7. The van der Waals surface area contributed by atoms with E-state index in [1.165, 1.54) is 0 Å². The fourth-order valence-electron chi connectivity index (χ4n) is 0.798. The maximum Gasteiger partial charge on any atom is 0.169 e. The van der Waals surface area contributed by atoms with Crippen LogP contribution in [0, 0.1) is 12.3 Å². The molecular formula is C9H17NO2. The molecule has 0 aliphatic heterocycles. The number of hydrogen-bond acceptors (Lipinski definition) is 3. The lowest BCUT2D eigenvalue weighted by Crippen LogP contribution is -2.30. The summed E-state index contributed by atoms with van der Waals surface area (Å²) in [5.74, 6) is 2.58. The summed E-state index contributed by atoms with van der Waals surface area (Å²) in [5, 5.41) is 3.18. The van der Waals surface area contributed by atoms with E-state index in [9.17, 15) is 0 Å². The zero-order chi connectivity index (χ0) is 9.23. The van der Waals surface area contributed by atoms with Crippen molar-refractivity contribution < 1.29 is 9.47 Å². The summed E-state index contributed by atoms with van der Waals surface area (Å²) in [7, 11) is 3.24. The van der Waals surface area contributed by atoms with Crippen molar-refractivity contribution in [2.24, 2.45) is 0 Å². The number of hydrogen-bond donors (Lipinski definition) is 1. The van der Waals surface area contributed by atoms with Crippen molar-refractivity contribution in [1.82, 2.24) is 5.32 Å². The fraction of sp³-hybridized carbons (Fsp3) is 0.778. The first-order valence-electron chi connectivity index (χ1n) is 4.05. The van der Waals surface area contributed by atoms with Crippen LogP contribution in [0.3, 0.4) is 0 Å². The second-order valence-electron chi connectivity index (χ2n) is 2.41. The molecule has 0 bridgehead atoms. The standard InChI is InChI=1S/C9H17NO2/c1-4-5-6-7-10-8-9(11-2)12-3/h1,9-10H,5-8H2,2-3H3. The van der Waals surface area contributed by atoms with Crippen molar-refractivity contribution in [1.29, 1.82) is 0 Å². The van der Waals surface area contributed by atoms with Crippen LogP contribution in [0.1, 0.15) is 12.8 Å². The predicted octanol–water partition coefficient (Wildman–Crippen LogP) is 0.608. The molecule has 3 nitrogen and oxygen atoms in total. The van der Waals surface area contributed by atoms with E-state index in [0.717, 1.165) is 19.4 Å². The van der Waals surface area contributed by atoms with Gasteiger partial charge in [0.25, 0.3) is 0 Å². The van der Waals surface area contributed by atoms with E-state index in [0.29, 0.717) is 6.54 Å². The van der Waals surface area contributed by atoms with Crippen molar-refractivity contribution in [3.05, 3.63) is 0 Å². The van der Waals surface area contributed by atoms with E-state index >= 15 is 0 Å². The maximum absolute atomic E-state index is 5.10. The van der Waals surface area contributed by atoms with Crippen LogP contribution in [0.4, 0.5) is 0 Å². The van der Waals surface area contributed by atoms with Crippen LogP contribution in [0.5, 0.6) is 0 Å². The van der Waals surface area contributed by atoms with Gasteiger partial charge in [0.05, 0.1) is 0 Å². The summed E-state index contributed by atoms with van der Waals surface area (Å²) in [6.07, 6.45) is 6.75. The molecule has 0 spiro atoms. The van der Waals surface area contributed by atoms with Gasteiger partial charge in [-0.1, -0.05) is 0 Å². The minimum atomic E-state index is -0.157. The molecule has 0 atom stereocenters. The van der Waals surface area contributed by atoms with Crippen LogP contribution in [-0.2, 0) is 9.47 Å². The Kier molecular flexibility index (Phi) is 8.14. The predicted molar refractivity (Wildman–Crippen MR) is 48.7 cm³/mol. The van der Waals surface area contributed by atoms with Crippen LogP contribution in [0.25, 0.3) is 0 Å². The normalized spacial score (nSPS) is 10.2. The summed E-state index contributed by atoms with van der Waals surface area (Å²) >= 11 is 0. The molecule has 0 aliphatic rings. The average molecular weight is 171 g/mol. The largest absolute Gasteiger partial charge is 0.355 e. The second kappa shape index (κ2) is 8.54. The van der Waals surface area contributed by atoms with Gasteiger partial charge in [-0.2, -0.15) is 0 Å². The van der Waals surface area contributed by atoms with E-state index in [4.69, 9.17) is 15.9 Å². The third kappa shape index (κ3) is 6.17. The summed E-state index contributed by atoms with van der Waals surface area (Å²) in [4.78, 5) is 0. The van der Waals surface area contributed by atoms with Crippen molar-refractivity contribution in [3.8, 4) is 12.3 Å². The third-order valence-electron chi connectivity index (χ3n) is 1.51. The zero-order valence-corrected chi connectivity index (χ0v) is 7.80. The van der Waals surface area contributed by atoms with Crippen molar-refractivity contribution in [2.45, 2.75) is 19.1 Å². The van der Waals surface area contributed by atoms with E-state index in [-0.39, 0.29) is 6.29 Å². The van der Waals surface area contributed by atoms with Gasteiger partial charge in [0.15, 0.2) is 6.29 Å². The quantitative estimate of drug-likeness (QED) is 0.346. The monoisotopic (exact) mass is 171 g/mol. The summed E-state index contributed by atoms with van der Waals surface area (Å²) in [6, 6.07) is 0. The summed E-state index contributed by atoms with van der Waals surface area (Å²) in [5.41, 5.74) is 0. The van der Waals surface area contributed by atoms with Gasteiger partial charge in [0.2, 0.25) is 0 Å². The molecule has 3 heteroatoms. The molecule has 0 aromatic rings. The van der Waals surface area contributed by atoms with Gasteiger partial charge in [-0.3, -0.25) is 0 Å². The smallest absolute Gasteiger partial charge is 0.169 e. The molecule has 12 heavy (non-hydrogen) atoms. The second-order valence-corrected chi connectivity index (χ2v) is 2.41. The summed E-state index contributed by atoms with van der Waals surface area (Å²) < 4.78 is 9.96. The average Bonchev–Trinajstić information content (AvgIpc) is 2.11. The van der Waals surface area contributed by atoms with Gasteiger partial charge in [-0.25, -0.2) is 0 Å². The number of nitrogens with one attached hydrogen (secondary N) is 1. The lowest BCUT2D eigenvalue weighted by atomic mass is 10.3. The van der Waals surface area contributed by atoms with Gasteiger partial charge in [0.1, 0.15) is 0 Å². The Bertz CT molecular complexity index is 127. The number of terminal acetylenes is 1. The van der Waals surface area contributed by atoms with E-state index < -0.39 is 0 Å². The molecule has 0 radical (unpaired) electrons. The molecular weight excluding hydrogens is 154 g/mol. The minimum absolute atomic E-state index is 0.157. The number of unbranched alkanes of at least 4 members (excludes halogenated alkanes) is 1. The zero-order valence-electron chi connectivity index (χ0n) is 7.80. The highest BCUT2D eigenvalue weighted by Crippen LogP contribution is 1.88. The Hall–Kier alpha value is -0.560. The van der Waals surface area contributed by atoms with Gasteiger partial charge in [0, 0.05) is 27.2 Å². The molecule has 0 saturated carbocycles. The molecule has 0 aromatic carbocycles. The molecule has 0 rings (SSSR count). The Balaban J connectivity index is 3.13. The maximum atomic E-state index is 5.10. The van der Waals surface area contributed by atoms with Crippen molar-refractivity contribution in [2.75, 3.05) is 27.3 Å². The Morgan fingerprint density at radius 1 is 1.42 bits per heavy atom. The van der Waals surface area contributed by atoms with Crippen LogP contribution < -0.4 is 5.32 Å². The molecule has 70 valence electrons. The van der Waals surface area contributed by atoms with E-state index in [1.807, 2.05) is 0 Å². The number of rotatable bonds is 7. The highest BCUT2D eigenvalue weighted by Gasteiger charge is 2.01. The fourth-order valence-corrected chi connectivity index (χ4v) is 0.798. The molecule has 0 amide bonds. The Labute approximate surface area is 74.4 Å². The molecule has 0 unspecified atom stereocenters. The van der Waals surface area contributed by atoms with Crippen LogP contribution in [0.2, 0.25) is 0 Å². The molecule has 0 aliphatic carbocycles. The summed E-state index contributed by atoms with van der Waals surface area (Å²) in [6.45, 7) is 1.62. The van der Waals surface area contributed by atoms with E-state index in [2.05, 4.69) is 11.2 Å². The van der Waals surface area contributed by atoms with Gasteiger partial charge in [-0.15, -0.1) is 12.3 Å². The van der Waals surface area contributed by atoms with Crippen LogP contribution in [0.15, 0.2) is 0 Å². The first-order valence-corrected chi connectivity index (χ1v) is 4.05. The minimum Gasteiger partial charge on any atom is -0.355 e. The van der Waals surface area contributed by atoms with E-state index in [1.54, 1.807) is 14.2 Å². The lowest BCUT2D eigenvalue weighted by Gasteiger charge is -2.13. The third-order valence-corrected chi connectivity index (χ3v) is 1.51. The van der Waals surface area contributed by atoms with Crippen LogP contribution in [-0.4, -0.2) is 33.6 Å². The van der Waals surface area contributed by atoms with Gasteiger partial charge in [-0.05, 0) is 13.0 Å². The first kappa shape index (κ1) is 11.4. The number of methoxy groups -OCH3 is 2. The Morgan fingerprint density at radius 3 is 2.58 bits per heavy atom. The lowest BCUT2D eigenvalue weighted by molar-refractivity contribution is -0.0986. The molecule has 0 fully saturated rings. The van der Waals surface area contributed by atoms with Gasteiger partial charge < -0.3 is 14.8 Å².